The number of carboxylic acid groups (broad SMARTS) is 1. The molecule has 0 saturated heterocycles. The predicted molar refractivity (Wildman–Crippen MR) is 163 cm³/mol. The van der Waals surface area contributed by atoms with Gasteiger partial charge in [-0.2, -0.15) is 18.4 Å². The fourth-order valence-electron chi connectivity index (χ4n) is 6.48. The van der Waals surface area contributed by atoms with Gasteiger partial charge in [0.05, 0.1) is 56.1 Å². The number of rotatable bonds is 6. The molecule has 0 radical (unpaired) electrons. The Morgan fingerprint density at radius 2 is 1.85 bits per heavy atom. The number of hydrogen-bond acceptors (Lipinski definition) is 8. The lowest BCUT2D eigenvalue weighted by atomic mass is 9.88. The second kappa shape index (κ2) is 13.8. The van der Waals surface area contributed by atoms with Gasteiger partial charge in [0.15, 0.2) is 0 Å². The van der Waals surface area contributed by atoms with Crippen molar-refractivity contribution in [1.82, 2.24) is 14.8 Å². The number of aromatic nitrogens is 3. The number of carbonyl (C=O) groups is 2. The van der Waals surface area contributed by atoms with Gasteiger partial charge in [0.1, 0.15) is 12.6 Å². The zero-order valence-corrected chi connectivity index (χ0v) is 26.3. The van der Waals surface area contributed by atoms with Gasteiger partial charge in [-0.25, -0.2) is 19.3 Å². The summed E-state index contributed by atoms with van der Waals surface area (Å²) in [5, 5.41) is 33.3. The van der Waals surface area contributed by atoms with Crippen LogP contribution in [0.4, 0.5) is 24.8 Å². The first-order valence-corrected chi connectivity index (χ1v) is 14.7. The minimum Gasteiger partial charge on any atom is -0.483 e. The molecule has 2 aliphatic rings. The molecule has 1 fully saturated rings. The Morgan fingerprint density at radius 3 is 2.45 bits per heavy atom. The number of H-pyrrole nitrogens is 1. The summed E-state index contributed by atoms with van der Waals surface area (Å²) in [5.41, 5.74) is 0.403. The van der Waals surface area contributed by atoms with Crippen LogP contribution in [0, 0.1) is 11.3 Å². The third-order valence-corrected chi connectivity index (χ3v) is 8.78. The molecule has 1 atom stereocenters. The van der Waals surface area contributed by atoms with Crippen LogP contribution in [-0.2, 0) is 27.0 Å². The Hall–Kier alpha value is -4.94. The molecule has 3 aromatic rings. The van der Waals surface area contributed by atoms with Crippen LogP contribution in [0.5, 0.6) is 0 Å². The van der Waals surface area contributed by atoms with Gasteiger partial charge >= 0.3 is 17.8 Å². The number of nitrogens with zero attached hydrogens (tertiary/aromatic N) is 5. The van der Waals surface area contributed by atoms with E-state index >= 15 is 0 Å². The Balaban J connectivity index is 0.00000160. The molecule has 250 valence electrons. The number of aliphatic hydroxyl groups excluding tert-OH is 1. The lowest BCUT2D eigenvalue weighted by Gasteiger charge is -2.42. The number of methoxy groups -OCH3 is 1. The van der Waals surface area contributed by atoms with Crippen molar-refractivity contribution in [3.05, 3.63) is 86.5 Å². The van der Waals surface area contributed by atoms with E-state index in [1.54, 1.807) is 25.1 Å². The molecule has 0 unspecified atom stereocenters. The Morgan fingerprint density at radius 1 is 1.19 bits per heavy atom. The Bertz CT molecular complexity index is 1770. The maximum Gasteiger partial charge on any atom is 0.416 e. The highest BCUT2D eigenvalue weighted by atomic mass is 19.4. The Labute approximate surface area is 268 Å². The van der Waals surface area contributed by atoms with E-state index < -0.39 is 29.4 Å². The average Bonchev–Trinajstić information content (AvgIpc) is 3.40. The number of quaternary nitrogens is 1. The van der Waals surface area contributed by atoms with Gasteiger partial charge in [-0.15, -0.1) is 5.10 Å². The number of carbonyl (C=O) groups excluding carboxylic acids is 1. The number of benzene rings is 2. The third kappa shape index (κ3) is 7.08. The number of fused-ring (bicyclic) bond motifs is 1. The van der Waals surface area contributed by atoms with Crippen molar-refractivity contribution in [1.29, 1.82) is 5.26 Å². The number of anilines is 2. The van der Waals surface area contributed by atoms with Gasteiger partial charge in [-0.1, -0.05) is 12.1 Å². The van der Waals surface area contributed by atoms with E-state index in [0.29, 0.717) is 40.6 Å². The highest BCUT2D eigenvalue weighted by Gasteiger charge is 2.42. The van der Waals surface area contributed by atoms with Crippen LogP contribution in [0.2, 0.25) is 0 Å². The molecule has 1 saturated carbocycles. The van der Waals surface area contributed by atoms with Crippen LogP contribution in [0.1, 0.15) is 60.9 Å². The summed E-state index contributed by atoms with van der Waals surface area (Å²) in [7, 11) is 5.33. The molecule has 1 aliphatic carbocycles. The van der Waals surface area contributed by atoms with Crippen LogP contribution >= 0.6 is 0 Å². The number of ether oxygens (including phenoxy) is 1. The van der Waals surface area contributed by atoms with Gasteiger partial charge in [-0.05, 0) is 55.7 Å². The molecular weight excluding hydrogens is 621 g/mol. The topological polar surface area (TPSA) is 162 Å². The van der Waals surface area contributed by atoms with E-state index in [1.165, 1.54) is 28.7 Å². The maximum absolute atomic E-state index is 13.7. The first-order valence-electron chi connectivity index (χ1n) is 14.7. The normalized spacial score (nSPS) is 19.6. The van der Waals surface area contributed by atoms with Crippen molar-refractivity contribution in [3.8, 4) is 6.07 Å². The predicted octanol–water partition coefficient (Wildman–Crippen LogP) is 4.23. The number of halogens is 3. The fourth-order valence-corrected chi connectivity index (χ4v) is 6.48. The average molecular weight is 658 g/mol. The zero-order chi connectivity index (χ0) is 34.7. The summed E-state index contributed by atoms with van der Waals surface area (Å²) >= 11 is 0. The lowest BCUT2D eigenvalue weighted by molar-refractivity contribution is -0.929. The van der Waals surface area contributed by atoms with E-state index in [0.717, 1.165) is 25.0 Å². The summed E-state index contributed by atoms with van der Waals surface area (Å²) < 4.78 is 47.9. The fraction of sp³-hybridized carbons (Fsp3) is 0.406. The van der Waals surface area contributed by atoms with Crippen molar-refractivity contribution in [3.63, 3.8) is 0 Å². The van der Waals surface area contributed by atoms with Crippen LogP contribution < -0.4 is 10.6 Å². The molecule has 1 aliphatic heterocycles. The summed E-state index contributed by atoms with van der Waals surface area (Å²) in [6.07, 6.45) is -1.95. The molecule has 1 aromatic heterocycles. The number of nitriles is 1. The first-order chi connectivity index (χ1) is 22.2. The largest absolute Gasteiger partial charge is 0.483 e. The molecule has 47 heavy (non-hydrogen) atoms. The van der Waals surface area contributed by atoms with E-state index in [4.69, 9.17) is 14.6 Å². The second-order valence-corrected chi connectivity index (χ2v) is 12.0. The first kappa shape index (κ1) is 34.9. The molecular formula is C32H36F3N6O6+. The number of hydrogen-bond donors (Lipinski definition) is 3. The number of nitrogens with one attached hydrogen (secondary N) is 1. The van der Waals surface area contributed by atoms with E-state index in [-0.39, 0.29) is 41.5 Å². The Kier molecular flexibility index (Phi) is 10.3. The summed E-state index contributed by atoms with van der Waals surface area (Å²) in [6, 6.07) is 10.9. The molecule has 0 amide bonds. The minimum absolute atomic E-state index is 0.00481. The standard InChI is InChI=1S/C31H33F3N6O4.CH2O2/c1-18-26(28(42)44-4)27(39-29(36-37-30(39)43)38(18)22-7-5-6-21(15-22)31(32,33)34)25-13-8-19(16-35)14-20(25)17-40(2,3)23-9-11-24(41)12-10-23;2-1-3/h5-8,13-15,23-24,27,41H,9-12,17H2,1-4H3;1H,(H,2,3)/p+1/t23?,24?,27-;/m1./s1. The van der Waals surface area contributed by atoms with Crippen molar-refractivity contribution < 1.29 is 42.2 Å². The van der Waals surface area contributed by atoms with Crippen molar-refractivity contribution in [2.45, 2.75) is 63.5 Å². The number of aliphatic hydroxyl groups is 1. The van der Waals surface area contributed by atoms with Gasteiger partial charge in [-0.3, -0.25) is 9.69 Å². The van der Waals surface area contributed by atoms with Crippen molar-refractivity contribution in [2.75, 3.05) is 26.1 Å². The monoisotopic (exact) mass is 657 g/mol. The molecule has 3 N–H and O–H groups in total. The SMILES string of the molecule is COC(=O)C1=C(C)N(c2cccc(C(F)(F)F)c2)c2n[nH]c(=O)n2[C@@H]1c1ccc(C#N)cc1C[N+](C)(C)C1CCC(O)CC1.O=CO. The molecule has 5 rings (SSSR count). The summed E-state index contributed by atoms with van der Waals surface area (Å²) in [5.74, 6) is -0.775. The molecule has 0 spiro atoms. The maximum atomic E-state index is 13.7. The number of esters is 1. The van der Waals surface area contributed by atoms with Crippen LogP contribution in [-0.4, -0.2) is 75.3 Å². The number of allylic oxidation sites excluding steroid dienone is 1. The van der Waals surface area contributed by atoms with Crippen LogP contribution in [0.3, 0.4) is 0 Å². The summed E-state index contributed by atoms with van der Waals surface area (Å²) in [4.78, 5) is 36.6. The highest BCUT2D eigenvalue weighted by molar-refractivity contribution is 5.93. The molecule has 2 aromatic carbocycles. The minimum atomic E-state index is -4.62. The van der Waals surface area contributed by atoms with Gasteiger partial charge in [0, 0.05) is 29.8 Å². The van der Waals surface area contributed by atoms with E-state index in [9.17, 15) is 33.1 Å². The van der Waals surface area contributed by atoms with Crippen molar-refractivity contribution >= 4 is 24.1 Å². The van der Waals surface area contributed by atoms with Crippen LogP contribution in [0.25, 0.3) is 0 Å². The molecule has 2 heterocycles. The number of aromatic amines is 1. The molecule has 0 bridgehead atoms. The smallest absolute Gasteiger partial charge is 0.416 e. The summed E-state index contributed by atoms with van der Waals surface area (Å²) in [6.45, 7) is 1.76. The van der Waals surface area contributed by atoms with E-state index in [1.807, 2.05) is 0 Å². The second-order valence-electron chi connectivity index (χ2n) is 12.0. The van der Waals surface area contributed by atoms with Crippen LogP contribution in [0.15, 0.2) is 58.5 Å². The van der Waals surface area contributed by atoms with Gasteiger partial charge in [0.2, 0.25) is 5.95 Å². The lowest BCUT2D eigenvalue weighted by Crippen LogP contribution is -2.50. The van der Waals surface area contributed by atoms with Gasteiger partial charge < -0.3 is 19.4 Å². The van der Waals surface area contributed by atoms with E-state index in [2.05, 4.69) is 30.4 Å². The molecule has 12 nitrogen and oxygen atoms in total. The zero-order valence-electron chi connectivity index (χ0n) is 26.3. The van der Waals surface area contributed by atoms with Gasteiger partial charge in [0.25, 0.3) is 6.47 Å². The van der Waals surface area contributed by atoms with Crippen molar-refractivity contribution in [2.24, 2.45) is 0 Å². The third-order valence-electron chi connectivity index (χ3n) is 8.78. The molecule has 15 heteroatoms. The quantitative estimate of drug-likeness (QED) is 0.200. The highest BCUT2D eigenvalue weighted by Crippen LogP contribution is 2.44. The number of alkyl halides is 3.